The number of nitrogens with one attached hydrogen (secondary N) is 1. The number of hydrogen-bond acceptors (Lipinski definition) is 3. The maximum atomic E-state index is 11.7. The zero-order valence-corrected chi connectivity index (χ0v) is 11.2. The van der Waals surface area contributed by atoms with Gasteiger partial charge in [0.15, 0.2) is 5.82 Å². The molecule has 0 spiro atoms. The minimum Gasteiger partial charge on any atom is -0.365 e. The molecule has 0 fully saturated rings. The molecule has 0 saturated carbocycles. The molecule has 1 aromatic rings. The van der Waals surface area contributed by atoms with Crippen molar-refractivity contribution < 1.29 is 0 Å². The van der Waals surface area contributed by atoms with Gasteiger partial charge in [-0.1, -0.05) is 13.3 Å². The molecule has 1 atom stereocenters. The highest BCUT2D eigenvalue weighted by atomic mass is 35.5. The summed E-state index contributed by atoms with van der Waals surface area (Å²) in [6.07, 6.45) is 6.49. The van der Waals surface area contributed by atoms with Crippen LogP contribution >= 0.6 is 11.6 Å². The highest BCUT2D eigenvalue weighted by Gasteiger charge is 2.09. The maximum Gasteiger partial charge on any atom is 0.293 e. The third-order valence-electron chi connectivity index (χ3n) is 2.79. The van der Waals surface area contributed by atoms with Gasteiger partial charge in [0, 0.05) is 31.9 Å². The van der Waals surface area contributed by atoms with Crippen molar-refractivity contribution in [1.29, 1.82) is 0 Å². The lowest BCUT2D eigenvalue weighted by Gasteiger charge is -2.15. The van der Waals surface area contributed by atoms with Crippen LogP contribution in [0.2, 0.25) is 0 Å². The van der Waals surface area contributed by atoms with E-state index in [2.05, 4.69) is 17.2 Å². The normalized spacial score (nSPS) is 12.4. The molecule has 0 aromatic carbocycles. The quantitative estimate of drug-likeness (QED) is 0.762. The fourth-order valence-corrected chi connectivity index (χ4v) is 2.08. The average Bonchev–Trinajstić information content (AvgIpc) is 2.31. The number of aryl methyl sites for hydroxylation is 1. The second kappa shape index (κ2) is 7.33. The first-order valence-electron chi connectivity index (χ1n) is 6.00. The Morgan fingerprint density at radius 3 is 2.94 bits per heavy atom. The van der Waals surface area contributed by atoms with E-state index in [-0.39, 0.29) is 5.56 Å². The van der Waals surface area contributed by atoms with Crippen molar-refractivity contribution in [3.05, 3.63) is 22.7 Å². The van der Waals surface area contributed by atoms with Crippen molar-refractivity contribution >= 4 is 17.4 Å². The van der Waals surface area contributed by atoms with Crippen LogP contribution in [0, 0.1) is 5.92 Å². The molecule has 0 aliphatic carbocycles. The summed E-state index contributed by atoms with van der Waals surface area (Å²) in [5.74, 6) is 1.59. The minimum atomic E-state index is -0.0892. The second-order valence-corrected chi connectivity index (χ2v) is 4.58. The molecule has 0 bridgehead atoms. The van der Waals surface area contributed by atoms with Crippen LogP contribution in [-0.2, 0) is 7.05 Å². The Hall–Kier alpha value is -1.03. The highest BCUT2D eigenvalue weighted by Crippen LogP contribution is 2.12. The van der Waals surface area contributed by atoms with Crippen LogP contribution in [0.5, 0.6) is 0 Å². The third-order valence-corrected chi connectivity index (χ3v) is 3.01. The smallest absolute Gasteiger partial charge is 0.293 e. The van der Waals surface area contributed by atoms with Crippen LogP contribution in [0.1, 0.15) is 26.2 Å². The predicted molar refractivity (Wildman–Crippen MR) is 71.7 cm³/mol. The lowest BCUT2D eigenvalue weighted by molar-refractivity contribution is 0.489. The van der Waals surface area contributed by atoms with Gasteiger partial charge in [0.1, 0.15) is 0 Å². The molecule has 1 unspecified atom stereocenters. The summed E-state index contributed by atoms with van der Waals surface area (Å²) < 4.78 is 1.52. The second-order valence-electron chi connectivity index (χ2n) is 4.21. The summed E-state index contributed by atoms with van der Waals surface area (Å²) in [5, 5.41) is 3.12. The van der Waals surface area contributed by atoms with Crippen molar-refractivity contribution in [3.63, 3.8) is 0 Å². The van der Waals surface area contributed by atoms with Gasteiger partial charge >= 0.3 is 0 Å². The molecule has 96 valence electrons. The molecule has 5 heteroatoms. The zero-order chi connectivity index (χ0) is 12.7. The number of nitrogens with zero attached hydrogens (tertiary/aromatic N) is 2. The Morgan fingerprint density at radius 2 is 2.29 bits per heavy atom. The lowest BCUT2D eigenvalue weighted by atomic mass is 10.0. The van der Waals surface area contributed by atoms with Gasteiger partial charge in [0.2, 0.25) is 0 Å². The molecule has 0 radical (unpaired) electrons. The Balaban J connectivity index is 2.59. The summed E-state index contributed by atoms with van der Waals surface area (Å²) in [7, 11) is 1.72. The lowest BCUT2D eigenvalue weighted by Crippen LogP contribution is -2.25. The molecule has 0 aliphatic heterocycles. The van der Waals surface area contributed by atoms with E-state index < -0.39 is 0 Å². The highest BCUT2D eigenvalue weighted by molar-refractivity contribution is 6.17. The SMILES string of the molecule is CCCC(CCCl)CNc1nccn(C)c1=O. The topological polar surface area (TPSA) is 46.9 Å². The van der Waals surface area contributed by atoms with Crippen LogP contribution in [0.4, 0.5) is 5.82 Å². The van der Waals surface area contributed by atoms with Crippen LogP contribution in [0.15, 0.2) is 17.2 Å². The Morgan fingerprint density at radius 1 is 1.53 bits per heavy atom. The van der Waals surface area contributed by atoms with Gasteiger partial charge in [-0.15, -0.1) is 11.6 Å². The summed E-state index contributed by atoms with van der Waals surface area (Å²) in [6, 6.07) is 0. The van der Waals surface area contributed by atoms with E-state index in [1.165, 1.54) is 4.57 Å². The van der Waals surface area contributed by atoms with Gasteiger partial charge in [-0.25, -0.2) is 4.98 Å². The maximum absolute atomic E-state index is 11.7. The van der Waals surface area contributed by atoms with E-state index in [1.54, 1.807) is 19.4 Å². The molecular weight excluding hydrogens is 238 g/mol. The number of aromatic nitrogens is 2. The first kappa shape index (κ1) is 14.0. The number of hydrogen-bond donors (Lipinski definition) is 1. The molecule has 0 aliphatic rings. The van der Waals surface area contributed by atoms with E-state index in [0.29, 0.717) is 17.6 Å². The summed E-state index contributed by atoms with van der Waals surface area (Å²) in [6.45, 7) is 2.91. The molecular formula is C12H20ClN3O. The van der Waals surface area contributed by atoms with E-state index in [0.717, 1.165) is 25.8 Å². The van der Waals surface area contributed by atoms with E-state index in [9.17, 15) is 4.79 Å². The van der Waals surface area contributed by atoms with Gasteiger partial charge < -0.3 is 9.88 Å². The zero-order valence-electron chi connectivity index (χ0n) is 10.4. The molecule has 0 saturated heterocycles. The number of anilines is 1. The van der Waals surface area contributed by atoms with Crippen molar-refractivity contribution in [2.75, 3.05) is 17.7 Å². The fraction of sp³-hybridized carbons (Fsp3) is 0.667. The Labute approximate surface area is 107 Å². The monoisotopic (exact) mass is 257 g/mol. The first-order valence-corrected chi connectivity index (χ1v) is 6.54. The average molecular weight is 258 g/mol. The minimum absolute atomic E-state index is 0.0892. The number of halogens is 1. The van der Waals surface area contributed by atoms with Gasteiger partial charge in [0.05, 0.1) is 0 Å². The van der Waals surface area contributed by atoms with Crippen LogP contribution in [0.25, 0.3) is 0 Å². The standard InChI is InChI=1S/C12H20ClN3O/c1-3-4-10(5-6-13)9-15-11-12(17)16(2)8-7-14-11/h7-8,10H,3-6,9H2,1-2H3,(H,14,15). The predicted octanol–water partition coefficient (Wildman–Crippen LogP) is 2.24. The number of rotatable bonds is 7. The van der Waals surface area contributed by atoms with E-state index >= 15 is 0 Å². The fourth-order valence-electron chi connectivity index (χ4n) is 1.77. The van der Waals surface area contributed by atoms with Gasteiger partial charge in [-0.05, 0) is 18.8 Å². The van der Waals surface area contributed by atoms with Crippen molar-refractivity contribution in [3.8, 4) is 0 Å². The summed E-state index contributed by atoms with van der Waals surface area (Å²) >= 11 is 5.76. The van der Waals surface area contributed by atoms with Gasteiger partial charge in [-0.3, -0.25) is 4.79 Å². The molecule has 0 amide bonds. The first-order chi connectivity index (χ1) is 8.19. The molecule has 1 aromatic heterocycles. The summed E-state index contributed by atoms with van der Waals surface area (Å²) in [4.78, 5) is 15.8. The molecule has 1 heterocycles. The molecule has 1 N–H and O–H groups in total. The van der Waals surface area contributed by atoms with Crippen molar-refractivity contribution in [1.82, 2.24) is 9.55 Å². The third kappa shape index (κ3) is 4.38. The largest absolute Gasteiger partial charge is 0.365 e. The Kier molecular flexibility index (Phi) is 6.05. The van der Waals surface area contributed by atoms with Crippen molar-refractivity contribution in [2.45, 2.75) is 26.2 Å². The van der Waals surface area contributed by atoms with Crippen LogP contribution in [-0.4, -0.2) is 22.0 Å². The van der Waals surface area contributed by atoms with E-state index in [4.69, 9.17) is 11.6 Å². The summed E-state index contributed by atoms with van der Waals surface area (Å²) in [5.41, 5.74) is -0.0892. The molecule has 1 rings (SSSR count). The Bertz CT molecular complexity index is 386. The number of alkyl halides is 1. The molecule has 17 heavy (non-hydrogen) atoms. The van der Waals surface area contributed by atoms with Gasteiger partial charge in [-0.2, -0.15) is 0 Å². The van der Waals surface area contributed by atoms with Gasteiger partial charge in [0.25, 0.3) is 5.56 Å². The van der Waals surface area contributed by atoms with Crippen LogP contribution in [0.3, 0.4) is 0 Å². The van der Waals surface area contributed by atoms with Crippen LogP contribution < -0.4 is 10.9 Å². The molecule has 4 nitrogen and oxygen atoms in total. The van der Waals surface area contributed by atoms with E-state index in [1.807, 2.05) is 0 Å². The van der Waals surface area contributed by atoms with Crippen molar-refractivity contribution in [2.24, 2.45) is 13.0 Å².